The van der Waals surface area contributed by atoms with E-state index in [1.54, 1.807) is 11.0 Å². The molecule has 1 amide bonds. The molecular weight excluding hydrogens is 314 g/mol. The summed E-state index contributed by atoms with van der Waals surface area (Å²) < 4.78 is 13.8. The topological polar surface area (TPSA) is 33.2 Å². The van der Waals surface area contributed by atoms with Crippen molar-refractivity contribution in [2.45, 2.75) is 13.0 Å². The molecule has 0 spiro atoms. The van der Waals surface area contributed by atoms with Crippen molar-refractivity contribution in [1.29, 1.82) is 0 Å². The second kappa shape index (κ2) is 5.62. The van der Waals surface area contributed by atoms with Crippen LogP contribution < -0.4 is 0 Å². The molecule has 2 heterocycles. The average molecular weight is 325 g/mol. The third-order valence-corrected chi connectivity index (χ3v) is 3.90. The number of halogens is 3. The van der Waals surface area contributed by atoms with E-state index < -0.39 is 0 Å². The predicted molar refractivity (Wildman–Crippen MR) is 79.1 cm³/mol. The van der Waals surface area contributed by atoms with Crippen LogP contribution in [0.5, 0.6) is 0 Å². The van der Waals surface area contributed by atoms with Gasteiger partial charge >= 0.3 is 0 Å². The Morgan fingerprint density at radius 3 is 2.67 bits per heavy atom. The van der Waals surface area contributed by atoms with E-state index >= 15 is 0 Å². The molecule has 21 heavy (non-hydrogen) atoms. The van der Waals surface area contributed by atoms with E-state index in [2.05, 4.69) is 4.98 Å². The van der Waals surface area contributed by atoms with Gasteiger partial charge in [-0.2, -0.15) is 0 Å². The van der Waals surface area contributed by atoms with Crippen molar-refractivity contribution >= 4 is 29.1 Å². The van der Waals surface area contributed by atoms with E-state index in [0.717, 1.165) is 5.56 Å². The summed E-state index contributed by atoms with van der Waals surface area (Å²) in [5.74, 6) is -0.508. The third kappa shape index (κ3) is 2.87. The first-order chi connectivity index (χ1) is 10.0. The molecule has 2 aromatic rings. The van der Waals surface area contributed by atoms with Crippen LogP contribution in [-0.2, 0) is 13.0 Å². The standard InChI is InChI=1S/C15H11Cl2FN2O/c16-13-6-10(7-14(17)19-13)15(21)20-5-4-9-2-1-3-12(18)11(9)8-20/h1-3,6-7H,4-5,8H2. The van der Waals surface area contributed by atoms with Gasteiger partial charge in [-0.3, -0.25) is 4.79 Å². The molecular formula is C15H11Cl2FN2O. The number of carbonyl (C=O) groups excluding carboxylic acids is 1. The second-order valence-corrected chi connectivity index (χ2v) is 5.63. The van der Waals surface area contributed by atoms with E-state index in [-0.39, 0.29) is 28.6 Å². The second-order valence-electron chi connectivity index (χ2n) is 4.86. The van der Waals surface area contributed by atoms with Gasteiger partial charge in [0.1, 0.15) is 16.1 Å². The Morgan fingerprint density at radius 1 is 1.24 bits per heavy atom. The summed E-state index contributed by atoms with van der Waals surface area (Å²) in [5, 5.41) is 0.323. The van der Waals surface area contributed by atoms with Crippen LogP contribution in [0.25, 0.3) is 0 Å². The molecule has 0 fully saturated rings. The minimum atomic E-state index is -0.282. The molecule has 0 bridgehead atoms. The molecule has 0 aliphatic carbocycles. The Hall–Kier alpha value is -1.65. The third-order valence-electron chi connectivity index (χ3n) is 3.51. The van der Waals surface area contributed by atoms with Crippen LogP contribution >= 0.6 is 23.2 Å². The largest absolute Gasteiger partial charge is 0.334 e. The number of rotatable bonds is 1. The zero-order chi connectivity index (χ0) is 15.0. The molecule has 0 saturated carbocycles. The minimum Gasteiger partial charge on any atom is -0.334 e. The highest BCUT2D eigenvalue weighted by atomic mass is 35.5. The molecule has 3 nitrogen and oxygen atoms in total. The zero-order valence-electron chi connectivity index (χ0n) is 10.9. The number of pyridine rings is 1. The summed E-state index contributed by atoms with van der Waals surface area (Å²) in [6.45, 7) is 0.783. The molecule has 6 heteroatoms. The molecule has 1 aliphatic heterocycles. The fourth-order valence-corrected chi connectivity index (χ4v) is 2.94. The number of hydrogen-bond donors (Lipinski definition) is 0. The number of carbonyl (C=O) groups is 1. The van der Waals surface area contributed by atoms with Gasteiger partial charge in [-0.25, -0.2) is 9.37 Å². The number of hydrogen-bond acceptors (Lipinski definition) is 2. The molecule has 0 N–H and O–H groups in total. The predicted octanol–water partition coefficient (Wildman–Crippen LogP) is 3.73. The van der Waals surface area contributed by atoms with Gasteiger partial charge in [0.05, 0.1) is 0 Å². The molecule has 1 aromatic heterocycles. The van der Waals surface area contributed by atoms with Crippen molar-refractivity contribution in [3.8, 4) is 0 Å². The summed E-state index contributed by atoms with van der Waals surface area (Å²) in [7, 11) is 0. The molecule has 3 rings (SSSR count). The SMILES string of the molecule is O=C(c1cc(Cl)nc(Cl)c1)N1CCc2cccc(F)c2C1. The van der Waals surface area contributed by atoms with Crippen LogP contribution in [0.2, 0.25) is 10.3 Å². The van der Waals surface area contributed by atoms with Gasteiger partial charge < -0.3 is 4.90 Å². The van der Waals surface area contributed by atoms with Crippen LogP contribution in [0.15, 0.2) is 30.3 Å². The highest BCUT2D eigenvalue weighted by Gasteiger charge is 2.24. The number of fused-ring (bicyclic) bond motifs is 1. The van der Waals surface area contributed by atoms with Gasteiger partial charge in [-0.15, -0.1) is 0 Å². The van der Waals surface area contributed by atoms with Gasteiger partial charge in [0.2, 0.25) is 0 Å². The number of amides is 1. The molecule has 108 valence electrons. The summed E-state index contributed by atoms with van der Waals surface area (Å²) in [6, 6.07) is 7.92. The Labute approximate surface area is 131 Å². The summed E-state index contributed by atoms with van der Waals surface area (Å²) in [4.78, 5) is 17.9. The molecule has 0 unspecified atom stereocenters. The highest BCUT2D eigenvalue weighted by Crippen LogP contribution is 2.24. The van der Waals surface area contributed by atoms with E-state index in [1.807, 2.05) is 6.07 Å². The molecule has 0 saturated heterocycles. The Balaban J connectivity index is 1.89. The summed E-state index contributed by atoms with van der Waals surface area (Å²) in [6.07, 6.45) is 0.630. The maximum atomic E-state index is 13.8. The van der Waals surface area contributed by atoms with Crippen LogP contribution in [-0.4, -0.2) is 22.3 Å². The number of nitrogens with zero attached hydrogens (tertiary/aromatic N) is 2. The summed E-state index contributed by atoms with van der Waals surface area (Å²) >= 11 is 11.6. The van der Waals surface area contributed by atoms with Crippen molar-refractivity contribution in [1.82, 2.24) is 9.88 Å². The first-order valence-electron chi connectivity index (χ1n) is 6.43. The minimum absolute atomic E-state index is 0.162. The Bertz CT molecular complexity index is 701. The fourth-order valence-electron chi connectivity index (χ4n) is 2.48. The van der Waals surface area contributed by atoms with Crippen LogP contribution in [0.3, 0.4) is 0 Å². The van der Waals surface area contributed by atoms with E-state index in [4.69, 9.17) is 23.2 Å². The number of benzene rings is 1. The van der Waals surface area contributed by atoms with Gasteiger partial charge in [-0.05, 0) is 30.2 Å². The Kier molecular flexibility index (Phi) is 3.83. The lowest BCUT2D eigenvalue weighted by atomic mass is 9.99. The molecule has 0 atom stereocenters. The highest BCUT2D eigenvalue weighted by molar-refractivity contribution is 6.33. The van der Waals surface area contributed by atoms with Crippen LogP contribution in [0.1, 0.15) is 21.5 Å². The Morgan fingerprint density at radius 2 is 1.95 bits per heavy atom. The molecule has 1 aliphatic rings. The monoisotopic (exact) mass is 324 g/mol. The lowest BCUT2D eigenvalue weighted by molar-refractivity contribution is 0.0732. The van der Waals surface area contributed by atoms with Crippen LogP contribution in [0.4, 0.5) is 4.39 Å². The van der Waals surface area contributed by atoms with E-state index in [9.17, 15) is 9.18 Å². The maximum Gasteiger partial charge on any atom is 0.254 e. The van der Waals surface area contributed by atoms with Crippen LogP contribution in [0, 0.1) is 5.82 Å². The normalized spacial score (nSPS) is 14.0. The lowest BCUT2D eigenvalue weighted by Gasteiger charge is -2.29. The van der Waals surface area contributed by atoms with Gasteiger partial charge in [0.25, 0.3) is 5.91 Å². The van der Waals surface area contributed by atoms with Crippen molar-refractivity contribution in [2.75, 3.05) is 6.54 Å². The average Bonchev–Trinajstić information content (AvgIpc) is 2.45. The first-order valence-corrected chi connectivity index (χ1v) is 7.19. The quantitative estimate of drug-likeness (QED) is 0.749. The lowest BCUT2D eigenvalue weighted by Crippen LogP contribution is -2.36. The molecule has 1 aromatic carbocycles. The fraction of sp³-hybridized carbons (Fsp3) is 0.200. The maximum absolute atomic E-state index is 13.8. The van der Waals surface area contributed by atoms with Gasteiger partial charge in [-0.1, -0.05) is 35.3 Å². The zero-order valence-corrected chi connectivity index (χ0v) is 12.5. The van der Waals surface area contributed by atoms with Crippen molar-refractivity contribution < 1.29 is 9.18 Å². The number of aromatic nitrogens is 1. The smallest absolute Gasteiger partial charge is 0.254 e. The van der Waals surface area contributed by atoms with E-state index in [1.165, 1.54) is 18.2 Å². The van der Waals surface area contributed by atoms with Crippen molar-refractivity contribution in [3.63, 3.8) is 0 Å². The van der Waals surface area contributed by atoms with Crippen molar-refractivity contribution in [2.24, 2.45) is 0 Å². The molecule has 0 radical (unpaired) electrons. The summed E-state index contributed by atoms with van der Waals surface area (Å²) in [5.41, 5.74) is 1.88. The first kappa shape index (κ1) is 14.3. The van der Waals surface area contributed by atoms with Gasteiger partial charge in [0.15, 0.2) is 0 Å². The van der Waals surface area contributed by atoms with Crippen molar-refractivity contribution in [3.05, 3.63) is 63.1 Å². The van der Waals surface area contributed by atoms with E-state index in [0.29, 0.717) is 24.1 Å². The van der Waals surface area contributed by atoms with Gasteiger partial charge in [0, 0.05) is 24.2 Å².